The van der Waals surface area contributed by atoms with E-state index in [4.69, 9.17) is 9.47 Å². The molecule has 8 nitrogen and oxygen atoms in total. The van der Waals surface area contributed by atoms with E-state index in [0.29, 0.717) is 28.8 Å². The quantitative estimate of drug-likeness (QED) is 0.109. The first-order valence-corrected chi connectivity index (χ1v) is 15.9. The number of carbonyl (C=O) groups is 1. The largest absolute Gasteiger partial charge is 1.00 e. The molecule has 0 amide bonds. The number of carbonyl (C=O) groups excluding carboxylic acids is 1. The first kappa shape index (κ1) is 44.3. The Hall–Kier alpha value is -4.06. The molecule has 4 aromatic rings. The van der Waals surface area contributed by atoms with Gasteiger partial charge >= 0.3 is 48.1 Å². The maximum atomic E-state index is 14.1. The molecule has 0 aliphatic rings. The molecule has 0 radical (unpaired) electrons. The Kier molecular flexibility index (Phi) is 14.8. The number of anilines is 1. The fraction of sp³-hybridized carbons (Fsp3) is 0.361. The molecule has 286 valence electrons. The van der Waals surface area contributed by atoms with Gasteiger partial charge < -0.3 is 29.4 Å². The van der Waals surface area contributed by atoms with Crippen molar-refractivity contribution in [2.75, 3.05) is 18.6 Å². The van der Waals surface area contributed by atoms with Gasteiger partial charge in [-0.3, -0.25) is 0 Å². The predicted octanol–water partition coefficient (Wildman–Crippen LogP) is 4.94. The number of ether oxygens (including phenoxy) is 2. The first-order valence-electron chi connectivity index (χ1n) is 15.9. The summed E-state index contributed by atoms with van der Waals surface area (Å²) in [4.78, 5) is 20.1. The number of aromatic nitrogens is 2. The summed E-state index contributed by atoms with van der Waals surface area (Å²) in [6, 6.07) is 6.91. The van der Waals surface area contributed by atoms with Gasteiger partial charge in [0.1, 0.15) is 5.75 Å². The normalized spacial score (nSPS) is 12.0. The molecule has 1 heterocycles. The third-order valence-electron chi connectivity index (χ3n) is 8.05. The molecule has 54 heavy (non-hydrogen) atoms. The fourth-order valence-electron chi connectivity index (χ4n) is 5.54. The van der Waals surface area contributed by atoms with Crippen LogP contribution in [0.15, 0.2) is 60.9 Å². The van der Waals surface area contributed by atoms with Gasteiger partial charge in [0, 0.05) is 24.6 Å². The topological polar surface area (TPSA) is 108 Å². The van der Waals surface area contributed by atoms with Crippen molar-refractivity contribution >= 4 is 11.9 Å². The molecule has 0 atom stereocenters. The molecular formula is C36H33F9N3NaO5. The summed E-state index contributed by atoms with van der Waals surface area (Å²) >= 11 is 0. The van der Waals surface area contributed by atoms with Crippen molar-refractivity contribution in [1.29, 1.82) is 0 Å². The Morgan fingerprint density at radius 1 is 0.815 bits per heavy atom. The zero-order chi connectivity index (χ0) is 39.3. The number of alkyl halides is 9. The summed E-state index contributed by atoms with van der Waals surface area (Å²) < 4.78 is 136. The molecule has 3 aromatic carbocycles. The fourth-order valence-corrected chi connectivity index (χ4v) is 5.54. The monoisotopic (exact) mass is 781 g/mol. The molecule has 4 rings (SSSR count). The van der Waals surface area contributed by atoms with Gasteiger partial charge in [-0.15, -0.1) is 0 Å². The maximum Gasteiger partial charge on any atom is 1.00 e. The molecular weight excluding hydrogens is 748 g/mol. The van der Waals surface area contributed by atoms with Gasteiger partial charge in [-0.25, -0.2) is 9.97 Å². The summed E-state index contributed by atoms with van der Waals surface area (Å²) in [5.41, 5.74) is -3.24. The number of hydrogen-bond donors (Lipinski definition) is 1. The molecule has 0 spiro atoms. The average molecular weight is 782 g/mol. The molecule has 1 aromatic heterocycles. The zero-order valence-corrected chi connectivity index (χ0v) is 31.4. The number of aliphatic hydroxyl groups is 1. The second kappa shape index (κ2) is 18.0. The Balaban J connectivity index is 0.00000784. The Morgan fingerprint density at radius 3 is 1.91 bits per heavy atom. The van der Waals surface area contributed by atoms with Crippen LogP contribution in [0.3, 0.4) is 0 Å². The minimum Gasteiger partial charge on any atom is -0.550 e. The molecule has 0 aliphatic carbocycles. The van der Waals surface area contributed by atoms with Crippen molar-refractivity contribution in [2.45, 2.75) is 70.8 Å². The second-order valence-corrected chi connectivity index (χ2v) is 12.2. The number of nitrogens with zero attached hydrogens (tertiary/aromatic N) is 3. The van der Waals surface area contributed by atoms with Gasteiger partial charge in [-0.2, -0.15) is 39.5 Å². The summed E-state index contributed by atoms with van der Waals surface area (Å²) in [5, 5.41) is 20.7. The van der Waals surface area contributed by atoms with Gasteiger partial charge in [0.15, 0.2) is 5.75 Å². The van der Waals surface area contributed by atoms with E-state index in [0.717, 1.165) is 29.4 Å². The van der Waals surface area contributed by atoms with Crippen LogP contribution in [0, 0.1) is 0 Å². The Morgan fingerprint density at radius 2 is 1.41 bits per heavy atom. The number of rotatable bonds is 14. The van der Waals surface area contributed by atoms with Crippen molar-refractivity contribution < 1.29 is 93.6 Å². The van der Waals surface area contributed by atoms with E-state index in [1.54, 1.807) is 6.07 Å². The standard InChI is InChI=1S/C36H34F9N3O5.Na/c1-20(2)29-14-30(31(52-3)12-23(29)19-49)28-7-6-24(34(37,38)39)11-22(28)18-48(33-46-15-27(16-47-33)53-8-4-5-32(50)51)17-21-9-25(35(40,41)42)13-26(10-21)36(43,44)45;/h6-7,9-16,20,49H,4-5,8,17-19H2,1-3H3,(H,50,51);/q;+1/p-1. The van der Waals surface area contributed by atoms with Crippen LogP contribution in [0.2, 0.25) is 0 Å². The van der Waals surface area contributed by atoms with E-state index < -0.39 is 59.8 Å². The molecule has 0 unspecified atom stereocenters. The van der Waals surface area contributed by atoms with Crippen molar-refractivity contribution in [3.8, 4) is 22.6 Å². The average Bonchev–Trinajstić information content (AvgIpc) is 3.08. The van der Waals surface area contributed by atoms with E-state index in [9.17, 15) is 54.5 Å². The molecule has 0 saturated carbocycles. The van der Waals surface area contributed by atoms with Gasteiger partial charge in [-0.05, 0) is 89.0 Å². The summed E-state index contributed by atoms with van der Waals surface area (Å²) in [6.45, 7) is 1.91. The van der Waals surface area contributed by atoms with Crippen molar-refractivity contribution in [3.63, 3.8) is 0 Å². The van der Waals surface area contributed by atoms with Crippen LogP contribution >= 0.6 is 0 Å². The summed E-state index contributed by atoms with van der Waals surface area (Å²) in [7, 11) is 1.31. The third kappa shape index (κ3) is 11.5. The van der Waals surface area contributed by atoms with E-state index in [1.807, 2.05) is 13.8 Å². The summed E-state index contributed by atoms with van der Waals surface area (Å²) in [5.74, 6) is -1.56. The van der Waals surface area contributed by atoms with Crippen LogP contribution in [0.25, 0.3) is 11.1 Å². The smallest absolute Gasteiger partial charge is 0.550 e. The third-order valence-corrected chi connectivity index (χ3v) is 8.05. The molecule has 0 bridgehead atoms. The van der Waals surface area contributed by atoms with Gasteiger partial charge in [0.05, 0.1) is 49.4 Å². The molecule has 0 saturated heterocycles. The second-order valence-electron chi connectivity index (χ2n) is 12.2. The first-order chi connectivity index (χ1) is 24.7. The van der Waals surface area contributed by atoms with Gasteiger partial charge in [0.25, 0.3) is 0 Å². The van der Waals surface area contributed by atoms with Crippen LogP contribution < -0.4 is 49.0 Å². The summed E-state index contributed by atoms with van der Waals surface area (Å²) in [6.07, 6.45) is -13.2. The molecule has 0 fully saturated rings. The number of carboxylic acids is 1. The minimum absolute atomic E-state index is 0. The number of benzene rings is 3. The van der Waals surface area contributed by atoms with Crippen LogP contribution in [0.1, 0.15) is 71.6 Å². The van der Waals surface area contributed by atoms with Crippen LogP contribution in [-0.4, -0.2) is 34.8 Å². The van der Waals surface area contributed by atoms with Crippen LogP contribution in [-0.2, 0) is 43.0 Å². The van der Waals surface area contributed by atoms with E-state index >= 15 is 0 Å². The van der Waals surface area contributed by atoms with Crippen molar-refractivity contribution in [2.24, 2.45) is 0 Å². The van der Waals surface area contributed by atoms with E-state index in [2.05, 4.69) is 9.97 Å². The van der Waals surface area contributed by atoms with Crippen molar-refractivity contribution in [1.82, 2.24) is 9.97 Å². The number of carboxylic acid groups (broad SMARTS) is 1. The predicted molar refractivity (Wildman–Crippen MR) is 172 cm³/mol. The number of hydrogen-bond acceptors (Lipinski definition) is 8. The SMILES string of the molecule is COc1cc(CO)c(C(C)C)cc1-c1ccc(C(F)(F)F)cc1CN(Cc1cc(C(F)(F)F)cc(C(F)(F)F)c1)c1ncc(OCCCC(=O)[O-])cn1.[Na+]. The molecule has 1 N–H and O–H groups in total. The number of aliphatic carboxylic acids is 1. The van der Waals surface area contributed by atoms with Crippen molar-refractivity contribution in [3.05, 3.63) is 99.9 Å². The minimum atomic E-state index is -5.17. The van der Waals surface area contributed by atoms with E-state index in [1.165, 1.54) is 19.2 Å². The van der Waals surface area contributed by atoms with Crippen LogP contribution in [0.5, 0.6) is 11.5 Å². The number of methoxy groups -OCH3 is 1. The Labute approximate surface area is 326 Å². The van der Waals surface area contributed by atoms with Gasteiger partial charge in [0.2, 0.25) is 5.95 Å². The number of halogens is 9. The number of aliphatic hydroxyl groups excluding tert-OH is 1. The van der Waals surface area contributed by atoms with Crippen LogP contribution in [0.4, 0.5) is 45.5 Å². The molecule has 0 aliphatic heterocycles. The maximum absolute atomic E-state index is 14.1. The zero-order valence-electron chi connectivity index (χ0n) is 29.4. The Bertz CT molecular complexity index is 1870. The van der Waals surface area contributed by atoms with E-state index in [-0.39, 0.29) is 96.2 Å². The van der Waals surface area contributed by atoms with Gasteiger partial charge in [-0.1, -0.05) is 19.9 Å². The molecule has 18 heteroatoms.